The van der Waals surface area contributed by atoms with Gasteiger partial charge in [-0.2, -0.15) is 0 Å². The summed E-state index contributed by atoms with van der Waals surface area (Å²) >= 11 is 0. The van der Waals surface area contributed by atoms with E-state index in [0.717, 1.165) is 103 Å². The second kappa shape index (κ2) is 69.1. The number of carbonyl (C=O) groups excluding carboxylic acids is 3. The van der Waals surface area contributed by atoms with E-state index in [1.807, 2.05) is 0 Å². The van der Waals surface area contributed by atoms with Crippen molar-refractivity contribution in [3.05, 3.63) is 85.1 Å². The monoisotopic (exact) mass is 1130 g/mol. The third-order valence-corrected chi connectivity index (χ3v) is 15.4. The molecule has 0 heterocycles. The molecular weight excluding hydrogens is 997 g/mol. The highest BCUT2D eigenvalue weighted by atomic mass is 16.6. The SMILES string of the molecule is CC/C=C\C/C=C\C/C=C\C/C=C\CCCCCCCCCCC(=O)OC(COC(=O)CCCCCCCCCCCCC)COC(=O)CCCCCCCCCCCCCCCCCC/C=C\C/C=C\C/C=C\CCCCCCC. The number of ether oxygens (including phenoxy) is 3. The number of allylic oxidation sites excluding steroid dienone is 14. The van der Waals surface area contributed by atoms with Gasteiger partial charge in [-0.1, -0.05) is 324 Å². The van der Waals surface area contributed by atoms with Gasteiger partial charge in [0.25, 0.3) is 0 Å². The van der Waals surface area contributed by atoms with Gasteiger partial charge in [0.15, 0.2) is 6.10 Å². The van der Waals surface area contributed by atoms with E-state index in [4.69, 9.17) is 14.2 Å². The lowest BCUT2D eigenvalue weighted by Crippen LogP contribution is -2.30. The van der Waals surface area contributed by atoms with E-state index in [1.165, 1.54) is 212 Å². The van der Waals surface area contributed by atoms with Gasteiger partial charge in [-0.3, -0.25) is 14.4 Å². The van der Waals surface area contributed by atoms with Gasteiger partial charge in [-0.05, 0) is 96.3 Å². The maximum absolute atomic E-state index is 12.9. The standard InChI is InChI=1S/C75H132O6/c1-4-7-10-13-16-19-22-24-26-28-30-32-33-34-35-36-37-38-39-40-41-43-44-46-48-50-53-56-59-62-65-68-74(77)80-71-72(70-79-73(76)67-64-61-58-55-52-21-18-15-12-9-6-3)81-75(78)69-66-63-60-57-54-51-49-47-45-42-31-29-27-25-23-20-17-14-11-8-5-2/h8,11,17,20,22,24-25,27-28,30-31,33-34,42,72H,4-7,9-10,12-16,18-19,21,23,26,29,32,35-41,43-71H2,1-3H3/b11-8-,20-17-,24-22-,27-25-,30-28-,34-33-,42-31-. The summed E-state index contributed by atoms with van der Waals surface area (Å²) in [6.45, 7) is 6.54. The molecule has 0 radical (unpaired) electrons. The van der Waals surface area contributed by atoms with Crippen LogP contribution in [0.5, 0.6) is 0 Å². The maximum atomic E-state index is 12.9. The first-order valence-electron chi connectivity index (χ1n) is 35.1. The average Bonchev–Trinajstić information content (AvgIpc) is 3.47. The molecule has 0 fully saturated rings. The van der Waals surface area contributed by atoms with Crippen molar-refractivity contribution >= 4 is 17.9 Å². The lowest BCUT2D eigenvalue weighted by Gasteiger charge is -2.18. The average molecular weight is 1130 g/mol. The largest absolute Gasteiger partial charge is 0.462 e. The van der Waals surface area contributed by atoms with Crippen LogP contribution in [0, 0.1) is 0 Å². The molecule has 0 aromatic rings. The number of unbranched alkanes of at least 4 members (excludes halogenated alkanes) is 39. The van der Waals surface area contributed by atoms with Gasteiger partial charge in [0.1, 0.15) is 13.2 Å². The highest BCUT2D eigenvalue weighted by Gasteiger charge is 2.19. The summed E-state index contributed by atoms with van der Waals surface area (Å²) in [5, 5.41) is 0. The van der Waals surface area contributed by atoms with Gasteiger partial charge in [-0.15, -0.1) is 0 Å². The first-order chi connectivity index (χ1) is 40.0. The number of rotatable bonds is 64. The molecule has 0 amide bonds. The van der Waals surface area contributed by atoms with Crippen molar-refractivity contribution in [1.29, 1.82) is 0 Å². The van der Waals surface area contributed by atoms with Crippen molar-refractivity contribution < 1.29 is 28.6 Å². The van der Waals surface area contributed by atoms with Gasteiger partial charge in [0.05, 0.1) is 0 Å². The molecule has 6 heteroatoms. The van der Waals surface area contributed by atoms with Gasteiger partial charge in [0, 0.05) is 19.3 Å². The van der Waals surface area contributed by atoms with E-state index < -0.39 is 6.10 Å². The summed E-state index contributed by atoms with van der Waals surface area (Å²) in [4.78, 5) is 38.4. The Bertz CT molecular complexity index is 1530. The zero-order valence-electron chi connectivity index (χ0n) is 53.8. The van der Waals surface area contributed by atoms with Crippen LogP contribution in [0.3, 0.4) is 0 Å². The van der Waals surface area contributed by atoms with Gasteiger partial charge < -0.3 is 14.2 Å². The van der Waals surface area contributed by atoms with Crippen LogP contribution < -0.4 is 0 Å². The van der Waals surface area contributed by atoms with Crippen LogP contribution >= 0.6 is 0 Å². The summed E-state index contributed by atoms with van der Waals surface area (Å²) in [5.41, 5.74) is 0. The predicted octanol–water partition coefficient (Wildman–Crippen LogP) is 24.2. The minimum Gasteiger partial charge on any atom is -0.462 e. The van der Waals surface area contributed by atoms with Crippen LogP contribution in [0.4, 0.5) is 0 Å². The molecule has 1 atom stereocenters. The van der Waals surface area contributed by atoms with Crippen molar-refractivity contribution in [3.63, 3.8) is 0 Å². The number of carbonyl (C=O) groups is 3. The Kier molecular flexibility index (Phi) is 66.2. The molecule has 0 rings (SSSR count). The van der Waals surface area contributed by atoms with Crippen molar-refractivity contribution in [2.24, 2.45) is 0 Å². The molecule has 0 N–H and O–H groups in total. The van der Waals surface area contributed by atoms with E-state index in [9.17, 15) is 14.4 Å². The van der Waals surface area contributed by atoms with Crippen molar-refractivity contribution in [1.82, 2.24) is 0 Å². The van der Waals surface area contributed by atoms with Crippen molar-refractivity contribution in [3.8, 4) is 0 Å². The second-order valence-electron chi connectivity index (χ2n) is 23.4. The molecule has 81 heavy (non-hydrogen) atoms. The van der Waals surface area contributed by atoms with Crippen LogP contribution in [-0.2, 0) is 28.6 Å². The molecule has 468 valence electrons. The normalized spacial score (nSPS) is 12.6. The Morgan fingerprint density at radius 3 is 0.753 bits per heavy atom. The molecule has 0 aliphatic heterocycles. The minimum absolute atomic E-state index is 0.0757. The third-order valence-electron chi connectivity index (χ3n) is 15.4. The summed E-state index contributed by atoms with van der Waals surface area (Å²) in [7, 11) is 0. The Labute approximate surface area is 503 Å². The van der Waals surface area contributed by atoms with Crippen LogP contribution in [0.1, 0.15) is 355 Å². The number of esters is 3. The van der Waals surface area contributed by atoms with Gasteiger partial charge in [0.2, 0.25) is 0 Å². The molecule has 0 bridgehead atoms. The molecule has 0 aliphatic rings. The van der Waals surface area contributed by atoms with E-state index in [2.05, 4.69) is 106 Å². The van der Waals surface area contributed by atoms with E-state index in [0.29, 0.717) is 19.3 Å². The van der Waals surface area contributed by atoms with Crippen LogP contribution in [0.15, 0.2) is 85.1 Å². The van der Waals surface area contributed by atoms with Crippen molar-refractivity contribution in [2.45, 2.75) is 361 Å². The summed E-state index contributed by atoms with van der Waals surface area (Å²) in [5.74, 6) is -0.867. The first kappa shape index (κ1) is 77.6. The highest BCUT2D eigenvalue weighted by Crippen LogP contribution is 2.17. The third kappa shape index (κ3) is 67.3. The lowest BCUT2D eigenvalue weighted by atomic mass is 10.0. The highest BCUT2D eigenvalue weighted by molar-refractivity contribution is 5.71. The predicted molar refractivity (Wildman–Crippen MR) is 353 cm³/mol. The molecule has 0 saturated carbocycles. The van der Waals surface area contributed by atoms with Crippen LogP contribution in [-0.4, -0.2) is 37.2 Å². The van der Waals surface area contributed by atoms with Crippen LogP contribution in [0.25, 0.3) is 0 Å². The molecular formula is C75H132O6. The molecule has 1 unspecified atom stereocenters. The minimum atomic E-state index is -0.780. The molecule has 0 aromatic carbocycles. The smallest absolute Gasteiger partial charge is 0.306 e. The fraction of sp³-hybridized carbons (Fsp3) is 0.773. The summed E-state index contributed by atoms with van der Waals surface area (Å²) in [6, 6.07) is 0. The molecule has 0 aliphatic carbocycles. The van der Waals surface area contributed by atoms with E-state index in [-0.39, 0.29) is 31.1 Å². The zero-order valence-corrected chi connectivity index (χ0v) is 53.8. The lowest BCUT2D eigenvalue weighted by molar-refractivity contribution is -0.167. The Balaban J connectivity index is 4.18. The van der Waals surface area contributed by atoms with Crippen LogP contribution in [0.2, 0.25) is 0 Å². The fourth-order valence-corrected chi connectivity index (χ4v) is 10.2. The molecule has 0 spiro atoms. The Hall–Kier alpha value is -3.41. The first-order valence-corrected chi connectivity index (χ1v) is 35.1. The topological polar surface area (TPSA) is 78.9 Å². The molecule has 6 nitrogen and oxygen atoms in total. The molecule has 0 saturated heterocycles. The maximum Gasteiger partial charge on any atom is 0.306 e. The van der Waals surface area contributed by atoms with E-state index in [1.54, 1.807) is 0 Å². The second-order valence-corrected chi connectivity index (χ2v) is 23.4. The quantitative estimate of drug-likeness (QED) is 0.0261. The molecule has 0 aromatic heterocycles. The Morgan fingerprint density at radius 1 is 0.259 bits per heavy atom. The fourth-order valence-electron chi connectivity index (χ4n) is 10.2. The summed E-state index contributed by atoms with van der Waals surface area (Å²) in [6.07, 6.45) is 91.9. The number of hydrogen-bond donors (Lipinski definition) is 0. The van der Waals surface area contributed by atoms with Crippen molar-refractivity contribution in [2.75, 3.05) is 13.2 Å². The zero-order chi connectivity index (χ0) is 58.5. The van der Waals surface area contributed by atoms with Gasteiger partial charge >= 0.3 is 17.9 Å². The van der Waals surface area contributed by atoms with Gasteiger partial charge in [-0.25, -0.2) is 0 Å². The summed E-state index contributed by atoms with van der Waals surface area (Å²) < 4.78 is 17.0. The Morgan fingerprint density at radius 2 is 0.481 bits per heavy atom. The number of hydrogen-bond acceptors (Lipinski definition) is 6. The van der Waals surface area contributed by atoms with E-state index >= 15 is 0 Å².